The Morgan fingerprint density at radius 3 is 2.81 bits per heavy atom. The van der Waals surface area contributed by atoms with Gasteiger partial charge < -0.3 is 0 Å². The van der Waals surface area contributed by atoms with Gasteiger partial charge >= 0.3 is 0 Å². The number of rotatable bonds is 2. The molecule has 2 bridgehead atoms. The van der Waals surface area contributed by atoms with Crippen molar-refractivity contribution in [3.05, 3.63) is 30.1 Å². The van der Waals surface area contributed by atoms with E-state index in [1.807, 2.05) is 12.3 Å². The third-order valence-electron chi connectivity index (χ3n) is 3.85. The number of hydrogen-bond acceptors (Lipinski definition) is 3. The van der Waals surface area contributed by atoms with Gasteiger partial charge in [0, 0.05) is 18.3 Å². The largest absolute Gasteiger partial charge is 0.298 e. The Kier molecular flexibility index (Phi) is 2.48. The minimum absolute atomic E-state index is 0.122. The second kappa shape index (κ2) is 3.98. The van der Waals surface area contributed by atoms with Crippen LogP contribution < -0.4 is 0 Å². The molecule has 0 amide bonds. The van der Waals surface area contributed by atoms with Gasteiger partial charge in [0.05, 0.1) is 6.04 Å². The van der Waals surface area contributed by atoms with Crippen molar-refractivity contribution in [1.82, 2.24) is 9.88 Å². The van der Waals surface area contributed by atoms with E-state index in [0.717, 1.165) is 32.4 Å². The molecule has 0 spiro atoms. The topological polar surface area (TPSA) is 33.2 Å². The zero-order chi connectivity index (χ0) is 11.0. The van der Waals surface area contributed by atoms with Crippen molar-refractivity contribution in [3.8, 4) is 0 Å². The van der Waals surface area contributed by atoms with E-state index in [2.05, 4.69) is 16.0 Å². The van der Waals surface area contributed by atoms with Gasteiger partial charge in [0.1, 0.15) is 0 Å². The molecule has 0 N–H and O–H groups in total. The van der Waals surface area contributed by atoms with E-state index in [4.69, 9.17) is 0 Å². The highest BCUT2D eigenvalue weighted by Gasteiger charge is 2.40. The summed E-state index contributed by atoms with van der Waals surface area (Å²) in [5, 5.41) is 0. The number of fused-ring (bicyclic) bond motifs is 3. The molecule has 0 radical (unpaired) electrons. The van der Waals surface area contributed by atoms with Crippen LogP contribution in [0.5, 0.6) is 0 Å². The fourth-order valence-electron chi connectivity index (χ4n) is 2.92. The van der Waals surface area contributed by atoms with Crippen molar-refractivity contribution in [1.29, 1.82) is 0 Å². The highest BCUT2D eigenvalue weighted by Crippen LogP contribution is 2.30. The fourth-order valence-corrected chi connectivity index (χ4v) is 2.92. The number of carbonyl (C=O) groups is 1. The molecule has 0 aromatic carbocycles. The van der Waals surface area contributed by atoms with Crippen LogP contribution in [0.15, 0.2) is 24.5 Å². The number of piperidine rings is 3. The molecule has 3 aliphatic heterocycles. The van der Waals surface area contributed by atoms with Crippen molar-refractivity contribution < 1.29 is 4.79 Å². The Morgan fingerprint density at radius 2 is 2.19 bits per heavy atom. The molecule has 3 saturated heterocycles. The Morgan fingerprint density at radius 1 is 1.38 bits per heavy atom. The Balaban J connectivity index is 1.78. The van der Waals surface area contributed by atoms with E-state index in [-0.39, 0.29) is 6.04 Å². The lowest BCUT2D eigenvalue weighted by Crippen LogP contribution is -2.56. The van der Waals surface area contributed by atoms with Gasteiger partial charge in [-0.2, -0.15) is 0 Å². The van der Waals surface area contributed by atoms with Crippen molar-refractivity contribution in [3.63, 3.8) is 0 Å². The normalized spacial score (nSPS) is 33.0. The van der Waals surface area contributed by atoms with Crippen molar-refractivity contribution in [2.75, 3.05) is 13.1 Å². The molecule has 1 atom stereocenters. The molecule has 0 saturated carbocycles. The quantitative estimate of drug-likeness (QED) is 0.747. The average Bonchev–Trinajstić information content (AvgIpc) is 2.36. The minimum atomic E-state index is 0.122. The van der Waals surface area contributed by atoms with Crippen molar-refractivity contribution in [2.45, 2.75) is 25.3 Å². The second-order valence-corrected chi connectivity index (χ2v) is 4.79. The molecular weight excluding hydrogens is 200 g/mol. The smallest absolute Gasteiger partial charge is 0.153 e. The molecule has 4 rings (SSSR count). The minimum Gasteiger partial charge on any atom is -0.298 e. The van der Waals surface area contributed by atoms with Crippen LogP contribution in [0.2, 0.25) is 0 Å². The van der Waals surface area contributed by atoms with Crippen LogP contribution >= 0.6 is 0 Å². The van der Waals surface area contributed by atoms with Gasteiger partial charge in [-0.05, 0) is 44.0 Å². The monoisotopic (exact) mass is 216 g/mol. The summed E-state index contributed by atoms with van der Waals surface area (Å²) in [6, 6.07) is 4.12. The zero-order valence-electron chi connectivity index (χ0n) is 9.30. The van der Waals surface area contributed by atoms with E-state index in [1.54, 1.807) is 6.20 Å². The van der Waals surface area contributed by atoms with Gasteiger partial charge in [-0.3, -0.25) is 14.7 Å². The van der Waals surface area contributed by atoms with Crippen LogP contribution in [0.4, 0.5) is 0 Å². The first kappa shape index (κ1) is 9.97. The van der Waals surface area contributed by atoms with Crippen molar-refractivity contribution >= 4 is 5.78 Å². The standard InChI is InChI=1S/C13H16N2O/c16-13-11-3-6-15(7-4-11)12(13)8-10-2-1-5-14-9-10/h1-2,5,9,11-12H,3-4,6-8H2/t12-/m0/s1. The van der Waals surface area contributed by atoms with Crippen LogP contribution in [-0.4, -0.2) is 34.8 Å². The summed E-state index contributed by atoms with van der Waals surface area (Å²) in [6.45, 7) is 2.20. The molecular formula is C13H16N2O. The number of nitrogens with zero attached hydrogens (tertiary/aromatic N) is 2. The molecule has 3 nitrogen and oxygen atoms in total. The maximum atomic E-state index is 12.1. The first-order chi connectivity index (χ1) is 7.84. The van der Waals surface area contributed by atoms with Crippen LogP contribution in [0.25, 0.3) is 0 Å². The van der Waals surface area contributed by atoms with Crippen LogP contribution in [0.3, 0.4) is 0 Å². The Bertz CT molecular complexity index is 382. The number of carbonyl (C=O) groups excluding carboxylic acids is 1. The van der Waals surface area contributed by atoms with Gasteiger partial charge in [-0.1, -0.05) is 6.07 Å². The summed E-state index contributed by atoms with van der Waals surface area (Å²) >= 11 is 0. The third-order valence-corrected chi connectivity index (χ3v) is 3.85. The molecule has 84 valence electrons. The summed E-state index contributed by atoms with van der Waals surface area (Å²) in [4.78, 5) is 18.6. The summed E-state index contributed by atoms with van der Waals surface area (Å²) in [5.74, 6) is 0.799. The Labute approximate surface area is 95.5 Å². The lowest BCUT2D eigenvalue weighted by Gasteiger charge is -2.44. The predicted octanol–water partition coefficient (Wildman–Crippen LogP) is 1.29. The molecule has 1 aromatic heterocycles. The molecule has 3 heteroatoms. The van der Waals surface area contributed by atoms with E-state index in [1.165, 1.54) is 5.56 Å². The van der Waals surface area contributed by atoms with Gasteiger partial charge in [-0.25, -0.2) is 0 Å². The predicted molar refractivity (Wildman–Crippen MR) is 61.0 cm³/mol. The molecule has 3 fully saturated rings. The molecule has 3 aliphatic rings. The van der Waals surface area contributed by atoms with Crippen molar-refractivity contribution in [2.24, 2.45) is 5.92 Å². The number of Topliss-reactive ketones (excluding diaryl/α,β-unsaturated/α-hetero) is 1. The van der Waals surface area contributed by atoms with Crippen LogP contribution in [-0.2, 0) is 11.2 Å². The first-order valence-electron chi connectivity index (χ1n) is 6.01. The number of aromatic nitrogens is 1. The Hall–Kier alpha value is -1.22. The molecule has 16 heavy (non-hydrogen) atoms. The molecule has 4 heterocycles. The SMILES string of the molecule is O=C1C2CCN(CC2)[C@H]1Cc1cccnc1. The average molecular weight is 216 g/mol. The summed E-state index contributed by atoms with van der Waals surface area (Å²) in [6.07, 6.45) is 6.63. The summed E-state index contributed by atoms with van der Waals surface area (Å²) in [7, 11) is 0. The molecule has 0 unspecified atom stereocenters. The maximum absolute atomic E-state index is 12.1. The van der Waals surface area contributed by atoms with Gasteiger partial charge in [-0.15, -0.1) is 0 Å². The number of ketones is 1. The third kappa shape index (κ3) is 1.65. The van der Waals surface area contributed by atoms with Gasteiger partial charge in [0.25, 0.3) is 0 Å². The fraction of sp³-hybridized carbons (Fsp3) is 0.538. The zero-order valence-corrected chi connectivity index (χ0v) is 9.30. The lowest BCUT2D eigenvalue weighted by molar-refractivity contribution is -0.136. The second-order valence-electron chi connectivity index (χ2n) is 4.79. The van der Waals surface area contributed by atoms with E-state index < -0.39 is 0 Å². The summed E-state index contributed by atoms with van der Waals surface area (Å²) in [5.41, 5.74) is 1.17. The van der Waals surface area contributed by atoms with Gasteiger partial charge in [0.15, 0.2) is 5.78 Å². The lowest BCUT2D eigenvalue weighted by atomic mass is 9.80. The summed E-state index contributed by atoms with van der Waals surface area (Å²) < 4.78 is 0. The number of hydrogen-bond donors (Lipinski definition) is 0. The van der Waals surface area contributed by atoms with E-state index in [9.17, 15) is 4.79 Å². The van der Waals surface area contributed by atoms with Gasteiger partial charge in [0.2, 0.25) is 0 Å². The van der Waals surface area contributed by atoms with E-state index >= 15 is 0 Å². The number of pyridine rings is 1. The van der Waals surface area contributed by atoms with E-state index in [0.29, 0.717) is 11.7 Å². The highest BCUT2D eigenvalue weighted by atomic mass is 16.1. The molecule has 1 aromatic rings. The first-order valence-corrected chi connectivity index (χ1v) is 6.01. The molecule has 0 aliphatic carbocycles. The highest BCUT2D eigenvalue weighted by molar-refractivity contribution is 5.88. The van der Waals surface area contributed by atoms with Crippen LogP contribution in [0.1, 0.15) is 18.4 Å². The maximum Gasteiger partial charge on any atom is 0.153 e. The van der Waals surface area contributed by atoms with Crippen LogP contribution in [0, 0.1) is 5.92 Å².